The van der Waals surface area contributed by atoms with Gasteiger partial charge in [0.15, 0.2) is 0 Å². The van der Waals surface area contributed by atoms with Crippen LogP contribution in [0, 0.1) is 0 Å². The minimum Gasteiger partial charge on any atom is -0.480 e. The van der Waals surface area contributed by atoms with E-state index >= 15 is 0 Å². The molecule has 0 fully saturated rings. The van der Waals surface area contributed by atoms with Gasteiger partial charge in [0.25, 0.3) is 0 Å². The molecule has 0 aliphatic heterocycles. The van der Waals surface area contributed by atoms with Crippen LogP contribution in [0.5, 0.6) is 0 Å². The lowest BCUT2D eigenvalue weighted by Gasteiger charge is -2.39. The number of benzene rings is 1. The Morgan fingerprint density at radius 1 is 1.00 bits per heavy atom. The fourth-order valence-electron chi connectivity index (χ4n) is 2.55. The number of carboxylic acid groups (broad SMARTS) is 1. The lowest BCUT2D eigenvalue weighted by atomic mass is 10.0. The molecule has 0 bridgehead atoms. The summed E-state index contributed by atoms with van der Waals surface area (Å²) in [6.07, 6.45) is 1.30. The van der Waals surface area contributed by atoms with Crippen LogP contribution >= 0.6 is 15.2 Å². The summed E-state index contributed by atoms with van der Waals surface area (Å²) in [5.74, 6) is -5.36. The van der Waals surface area contributed by atoms with E-state index in [0.717, 1.165) is 12.2 Å². The molecule has 3 atom stereocenters. The van der Waals surface area contributed by atoms with Gasteiger partial charge >= 0.3 is 21.2 Å². The predicted molar refractivity (Wildman–Crippen MR) is 95.5 cm³/mol. The minimum absolute atomic E-state index is 0.245. The van der Waals surface area contributed by atoms with Gasteiger partial charge in [-0.25, -0.2) is 0 Å². The third kappa shape index (κ3) is 5.72. The molecule has 1 aromatic rings. The monoisotopic (exact) mass is 405 g/mol. The van der Waals surface area contributed by atoms with Crippen LogP contribution in [0.4, 0.5) is 0 Å². The van der Waals surface area contributed by atoms with Gasteiger partial charge in [0, 0.05) is 0 Å². The molecule has 1 rings (SSSR count). The molecule has 9 nitrogen and oxygen atoms in total. The fourth-order valence-corrected chi connectivity index (χ4v) is 4.51. The van der Waals surface area contributed by atoms with E-state index in [0.29, 0.717) is 10.5 Å². The van der Waals surface area contributed by atoms with Gasteiger partial charge in [-0.3, -0.25) is 18.8 Å². The number of aliphatic carboxylic acids is 1. The largest absolute Gasteiger partial charge is 0.480 e. The molecule has 1 aromatic carbocycles. The van der Waals surface area contributed by atoms with Gasteiger partial charge in [0.05, 0.1) is 0 Å². The Morgan fingerprint density at radius 3 is 1.73 bits per heavy atom. The van der Waals surface area contributed by atoms with Crippen molar-refractivity contribution in [2.75, 3.05) is 0 Å². The molecular weight excluding hydrogens is 384 g/mol. The number of hydrogen-bond acceptors (Lipinski definition) is 4. The Hall–Kier alpha value is -1.57. The van der Waals surface area contributed by atoms with Crippen molar-refractivity contribution in [2.24, 2.45) is 0 Å². The van der Waals surface area contributed by atoms with E-state index in [1.807, 2.05) is 0 Å². The third-order valence-corrected chi connectivity index (χ3v) is 5.97. The summed E-state index contributed by atoms with van der Waals surface area (Å²) in [6.45, 7) is 6.56. The van der Waals surface area contributed by atoms with Crippen LogP contribution in [0.2, 0.25) is 0 Å². The summed E-state index contributed by atoms with van der Waals surface area (Å²) < 4.78 is 23.7. The van der Waals surface area contributed by atoms with E-state index in [4.69, 9.17) is 0 Å². The molecule has 2 unspecified atom stereocenters. The standard InChI is InChI=1S/C15H21NO8P2/c1-3-13(25(19,20)21)16(14(4-2)26(22,23)24)12(15(17)18)10-11-8-6-5-7-9-11/h3-9,12-14H,1-2,10H2,(H,17,18)(H2,19,20,21)(H2,22,23,24)/t12-,13?,14?/m0/s1. The number of carbonyl (C=O) groups is 1. The average Bonchev–Trinajstić information content (AvgIpc) is 2.51. The highest BCUT2D eigenvalue weighted by Crippen LogP contribution is 2.52. The first-order valence-corrected chi connectivity index (χ1v) is 10.7. The Morgan fingerprint density at radius 2 is 1.42 bits per heavy atom. The second kappa shape index (κ2) is 8.88. The lowest BCUT2D eigenvalue weighted by molar-refractivity contribution is -0.143. The predicted octanol–water partition coefficient (Wildman–Crippen LogP) is 1.36. The second-order valence-corrected chi connectivity index (χ2v) is 8.88. The first-order chi connectivity index (χ1) is 11.9. The van der Waals surface area contributed by atoms with Gasteiger partial charge in [-0.1, -0.05) is 42.5 Å². The number of rotatable bonds is 10. The van der Waals surface area contributed by atoms with Gasteiger partial charge in [-0.15, -0.1) is 13.2 Å². The molecular formula is C15H21NO8P2. The van der Waals surface area contributed by atoms with Crippen molar-refractivity contribution in [3.05, 3.63) is 61.2 Å². The van der Waals surface area contributed by atoms with E-state index in [-0.39, 0.29) is 6.42 Å². The normalized spacial score (nSPS) is 15.9. The molecule has 0 saturated carbocycles. The summed E-state index contributed by atoms with van der Waals surface area (Å²) >= 11 is 0. The Labute approximate surface area is 150 Å². The van der Waals surface area contributed by atoms with Crippen molar-refractivity contribution in [3.63, 3.8) is 0 Å². The zero-order chi connectivity index (χ0) is 20.1. The van der Waals surface area contributed by atoms with E-state index in [1.54, 1.807) is 30.3 Å². The zero-order valence-corrected chi connectivity index (χ0v) is 15.5. The number of nitrogens with zero attached hydrogens (tertiary/aromatic N) is 1. The summed E-state index contributed by atoms with van der Waals surface area (Å²) in [5, 5.41) is 9.61. The molecule has 0 heterocycles. The SMILES string of the molecule is C=CC(N(C(C=C)P(=O)(O)O)[C@@H](Cc1ccccc1)C(=O)O)P(=O)(O)O. The maximum absolute atomic E-state index is 11.8. The highest BCUT2D eigenvalue weighted by molar-refractivity contribution is 7.53. The molecule has 0 aliphatic carbocycles. The van der Waals surface area contributed by atoms with Crippen molar-refractivity contribution in [2.45, 2.75) is 24.0 Å². The molecule has 0 amide bonds. The summed E-state index contributed by atoms with van der Waals surface area (Å²) in [4.78, 5) is 50.7. The van der Waals surface area contributed by atoms with Crippen LogP contribution in [0.25, 0.3) is 0 Å². The smallest absolute Gasteiger partial charge is 0.346 e. The van der Waals surface area contributed by atoms with Crippen LogP contribution in [-0.4, -0.2) is 53.2 Å². The van der Waals surface area contributed by atoms with Crippen LogP contribution in [0.1, 0.15) is 5.56 Å². The minimum atomic E-state index is -5.01. The van der Waals surface area contributed by atoms with Crippen molar-refractivity contribution < 1.29 is 38.6 Å². The van der Waals surface area contributed by atoms with Crippen LogP contribution in [-0.2, 0) is 20.3 Å². The first kappa shape index (κ1) is 22.5. The fraction of sp³-hybridized carbons (Fsp3) is 0.267. The van der Waals surface area contributed by atoms with Crippen molar-refractivity contribution in [3.8, 4) is 0 Å². The molecule has 5 N–H and O–H groups in total. The van der Waals surface area contributed by atoms with Gasteiger partial charge in [0.2, 0.25) is 0 Å². The average molecular weight is 405 g/mol. The number of hydrogen-bond donors (Lipinski definition) is 5. The van der Waals surface area contributed by atoms with Gasteiger partial charge in [-0.2, -0.15) is 0 Å². The molecule has 0 radical (unpaired) electrons. The Kier molecular flexibility index (Phi) is 7.68. The van der Waals surface area contributed by atoms with Crippen molar-refractivity contribution in [1.29, 1.82) is 0 Å². The number of carboxylic acids is 1. The maximum atomic E-state index is 11.8. The Bertz CT molecular complexity index is 707. The summed E-state index contributed by atoms with van der Waals surface area (Å²) in [6, 6.07) is 6.51. The van der Waals surface area contributed by atoms with Gasteiger partial charge in [0.1, 0.15) is 17.6 Å². The lowest BCUT2D eigenvalue weighted by Crippen LogP contribution is -2.52. The van der Waals surface area contributed by atoms with Crippen molar-refractivity contribution in [1.82, 2.24) is 4.90 Å². The highest BCUT2D eigenvalue weighted by Gasteiger charge is 2.47. The van der Waals surface area contributed by atoms with Crippen LogP contribution in [0.3, 0.4) is 0 Å². The first-order valence-electron chi connectivity index (χ1n) is 7.33. The molecule has 0 spiro atoms. The van der Waals surface area contributed by atoms with Crippen molar-refractivity contribution >= 4 is 21.2 Å². The molecule has 26 heavy (non-hydrogen) atoms. The van der Waals surface area contributed by atoms with E-state index in [9.17, 15) is 38.6 Å². The van der Waals surface area contributed by atoms with Crippen LogP contribution < -0.4 is 0 Å². The topological polar surface area (TPSA) is 156 Å². The third-order valence-electron chi connectivity index (χ3n) is 3.64. The van der Waals surface area contributed by atoms with E-state index in [1.165, 1.54) is 0 Å². The second-order valence-electron chi connectivity index (χ2n) is 5.47. The van der Waals surface area contributed by atoms with E-state index < -0.39 is 38.8 Å². The summed E-state index contributed by atoms with van der Waals surface area (Å²) in [7, 11) is -10.0. The zero-order valence-electron chi connectivity index (χ0n) is 13.7. The quantitative estimate of drug-likeness (QED) is 0.287. The van der Waals surface area contributed by atoms with E-state index in [2.05, 4.69) is 13.2 Å². The molecule has 11 heteroatoms. The van der Waals surface area contributed by atoms with Gasteiger partial charge in [-0.05, 0) is 12.0 Å². The van der Waals surface area contributed by atoms with Crippen LogP contribution in [0.15, 0.2) is 55.6 Å². The van der Waals surface area contributed by atoms with Gasteiger partial charge < -0.3 is 24.7 Å². The Balaban J connectivity index is 3.54. The molecule has 0 aliphatic rings. The molecule has 144 valence electrons. The maximum Gasteiger partial charge on any atom is 0.346 e. The molecule has 0 aromatic heterocycles. The summed E-state index contributed by atoms with van der Waals surface area (Å²) in [5.41, 5.74) is 0.506. The molecule has 0 saturated heterocycles. The highest BCUT2D eigenvalue weighted by atomic mass is 31.2.